The van der Waals surface area contributed by atoms with Crippen LogP contribution in [0, 0.1) is 23.7 Å². The van der Waals surface area contributed by atoms with Crippen LogP contribution >= 0.6 is 0 Å². The van der Waals surface area contributed by atoms with Crippen molar-refractivity contribution in [2.75, 3.05) is 0 Å². The second-order valence-corrected chi connectivity index (χ2v) is 15.1. The lowest BCUT2D eigenvalue weighted by atomic mass is 9.84. The predicted octanol–water partition coefficient (Wildman–Crippen LogP) is 14.3. The first-order valence-corrected chi connectivity index (χ1v) is 20.3. The van der Waals surface area contributed by atoms with Crippen molar-refractivity contribution >= 4 is 11.6 Å². The molecule has 0 radical (unpaired) electrons. The molecule has 264 valence electrons. The van der Waals surface area contributed by atoms with Crippen LogP contribution in [-0.2, 0) is 9.59 Å². The average molecular weight is 629 g/mol. The summed E-state index contributed by atoms with van der Waals surface area (Å²) in [6.07, 6.45) is 41.1. The third-order valence-corrected chi connectivity index (χ3v) is 11.2. The van der Waals surface area contributed by atoms with E-state index in [-0.39, 0.29) is 7.43 Å². The molecule has 0 aliphatic heterocycles. The van der Waals surface area contributed by atoms with Gasteiger partial charge in [0, 0.05) is 25.7 Å². The van der Waals surface area contributed by atoms with Gasteiger partial charge in [0.05, 0.1) is 0 Å². The van der Waals surface area contributed by atoms with E-state index in [1.807, 2.05) is 0 Å². The van der Waals surface area contributed by atoms with E-state index < -0.39 is 0 Å². The SMILES string of the molecule is C.CCCCCCCCCCC(=O)CCCCCCCC(CC)CCCCCCCC(=O)CC1=CCC(CCCCC)C2CC12. The summed E-state index contributed by atoms with van der Waals surface area (Å²) in [7, 11) is 0. The molecular formula is C43H80O2. The smallest absolute Gasteiger partial charge is 0.136 e. The molecule has 2 nitrogen and oxygen atoms in total. The number of fused-ring (bicyclic) bond motifs is 1. The Morgan fingerprint density at radius 2 is 1.09 bits per heavy atom. The Bertz CT molecular complexity index is 751. The fraction of sp³-hybridized carbons (Fsp3) is 0.907. The van der Waals surface area contributed by atoms with Gasteiger partial charge in [-0.05, 0) is 62.2 Å². The van der Waals surface area contributed by atoms with Crippen LogP contribution in [0.1, 0.15) is 227 Å². The third kappa shape index (κ3) is 20.8. The molecular weight excluding hydrogens is 548 g/mol. The second-order valence-electron chi connectivity index (χ2n) is 15.1. The van der Waals surface area contributed by atoms with Crippen molar-refractivity contribution in [3.8, 4) is 0 Å². The number of rotatable bonds is 32. The zero-order valence-electron chi connectivity index (χ0n) is 30.1. The summed E-state index contributed by atoms with van der Waals surface area (Å²) in [4.78, 5) is 24.8. The summed E-state index contributed by atoms with van der Waals surface area (Å²) in [6.45, 7) is 6.93. The lowest BCUT2D eigenvalue weighted by Gasteiger charge is -2.21. The molecule has 0 heterocycles. The van der Waals surface area contributed by atoms with Gasteiger partial charge in [-0.1, -0.05) is 175 Å². The molecule has 0 aromatic rings. The molecule has 2 heteroatoms. The van der Waals surface area contributed by atoms with Gasteiger partial charge in [0.15, 0.2) is 0 Å². The summed E-state index contributed by atoms with van der Waals surface area (Å²) in [6, 6.07) is 0. The molecule has 2 aliphatic carbocycles. The molecule has 4 unspecified atom stereocenters. The highest BCUT2D eigenvalue weighted by Gasteiger charge is 2.46. The molecule has 0 spiro atoms. The lowest BCUT2D eigenvalue weighted by molar-refractivity contribution is -0.119. The molecule has 4 atom stereocenters. The molecule has 0 aromatic carbocycles. The predicted molar refractivity (Wildman–Crippen MR) is 199 cm³/mol. The topological polar surface area (TPSA) is 34.1 Å². The Labute approximate surface area is 283 Å². The molecule has 0 amide bonds. The van der Waals surface area contributed by atoms with E-state index in [2.05, 4.69) is 26.8 Å². The fourth-order valence-corrected chi connectivity index (χ4v) is 8.00. The first-order valence-electron chi connectivity index (χ1n) is 20.3. The van der Waals surface area contributed by atoms with Crippen LogP contribution in [0.5, 0.6) is 0 Å². The standard InChI is InChI=1S/C42H76O2.CH4/c1-4-7-9-10-11-12-17-23-29-39(43)30-24-18-13-15-21-26-36(6-3)27-22-16-14-19-25-31-40(44)34-38-33-32-37(28-20-8-5-2)41-35-42(38)41;/h33,36-37,41-42H,4-32,34-35H2,1-3H3;1H4. The number of allylic oxidation sites excluding steroid dienone is 2. The van der Waals surface area contributed by atoms with Crippen LogP contribution in [-0.4, -0.2) is 11.6 Å². The molecule has 0 N–H and O–H groups in total. The lowest BCUT2D eigenvalue weighted by Crippen LogP contribution is -2.12. The van der Waals surface area contributed by atoms with Crippen LogP contribution in [0.2, 0.25) is 0 Å². The minimum atomic E-state index is 0. The monoisotopic (exact) mass is 629 g/mol. The van der Waals surface area contributed by atoms with Crippen LogP contribution in [0.4, 0.5) is 0 Å². The average Bonchev–Trinajstić information content (AvgIpc) is 3.83. The molecule has 1 fully saturated rings. The van der Waals surface area contributed by atoms with Crippen LogP contribution < -0.4 is 0 Å². The quantitative estimate of drug-likeness (QED) is 0.0548. The molecule has 45 heavy (non-hydrogen) atoms. The van der Waals surface area contributed by atoms with Gasteiger partial charge in [-0.2, -0.15) is 0 Å². The van der Waals surface area contributed by atoms with E-state index in [0.29, 0.717) is 11.6 Å². The minimum absolute atomic E-state index is 0. The second kappa shape index (κ2) is 28.1. The molecule has 1 saturated carbocycles. The Morgan fingerprint density at radius 3 is 1.62 bits per heavy atom. The highest BCUT2D eigenvalue weighted by Crippen LogP contribution is 2.55. The van der Waals surface area contributed by atoms with Gasteiger partial charge in [0.25, 0.3) is 0 Å². The number of ketones is 2. The zero-order chi connectivity index (χ0) is 31.7. The number of carbonyl (C=O) groups is 2. The number of unbranched alkanes of at least 4 members (excludes halogenated alkanes) is 17. The molecule has 2 aliphatic rings. The number of Topliss-reactive ketones (excluding diaryl/α,β-unsaturated/α-hetero) is 2. The van der Waals surface area contributed by atoms with Gasteiger partial charge in [-0.25, -0.2) is 0 Å². The number of carbonyl (C=O) groups excluding carboxylic acids is 2. The van der Waals surface area contributed by atoms with E-state index in [0.717, 1.165) is 68.6 Å². The zero-order valence-corrected chi connectivity index (χ0v) is 30.1. The van der Waals surface area contributed by atoms with Crippen molar-refractivity contribution in [1.82, 2.24) is 0 Å². The molecule has 2 rings (SSSR count). The van der Waals surface area contributed by atoms with Crippen molar-refractivity contribution < 1.29 is 9.59 Å². The molecule has 0 aromatic heterocycles. The fourth-order valence-electron chi connectivity index (χ4n) is 8.00. The van der Waals surface area contributed by atoms with Crippen LogP contribution in [0.25, 0.3) is 0 Å². The van der Waals surface area contributed by atoms with Crippen LogP contribution in [0.3, 0.4) is 0 Å². The Morgan fingerprint density at radius 1 is 0.622 bits per heavy atom. The van der Waals surface area contributed by atoms with E-state index in [1.165, 1.54) is 160 Å². The van der Waals surface area contributed by atoms with Gasteiger partial charge in [-0.3, -0.25) is 9.59 Å². The van der Waals surface area contributed by atoms with E-state index in [4.69, 9.17) is 0 Å². The maximum atomic E-state index is 12.6. The Balaban J connectivity index is 0.0000101. The van der Waals surface area contributed by atoms with Crippen molar-refractivity contribution in [3.63, 3.8) is 0 Å². The van der Waals surface area contributed by atoms with E-state index >= 15 is 0 Å². The highest BCUT2D eigenvalue weighted by molar-refractivity contribution is 5.81. The Hall–Kier alpha value is -0.920. The van der Waals surface area contributed by atoms with Gasteiger partial charge in [0.1, 0.15) is 11.6 Å². The van der Waals surface area contributed by atoms with Crippen molar-refractivity contribution in [3.05, 3.63) is 11.6 Å². The van der Waals surface area contributed by atoms with E-state index in [1.54, 1.807) is 0 Å². The summed E-state index contributed by atoms with van der Waals surface area (Å²) in [5.41, 5.74) is 1.51. The summed E-state index contributed by atoms with van der Waals surface area (Å²) in [5, 5.41) is 0. The van der Waals surface area contributed by atoms with Gasteiger partial charge >= 0.3 is 0 Å². The largest absolute Gasteiger partial charge is 0.300 e. The van der Waals surface area contributed by atoms with E-state index in [9.17, 15) is 9.59 Å². The van der Waals surface area contributed by atoms with Crippen LogP contribution in [0.15, 0.2) is 11.6 Å². The molecule has 0 bridgehead atoms. The van der Waals surface area contributed by atoms with Gasteiger partial charge in [-0.15, -0.1) is 0 Å². The first-order chi connectivity index (χ1) is 21.6. The van der Waals surface area contributed by atoms with Crippen molar-refractivity contribution in [2.24, 2.45) is 23.7 Å². The van der Waals surface area contributed by atoms with Crippen molar-refractivity contribution in [1.29, 1.82) is 0 Å². The third-order valence-electron chi connectivity index (χ3n) is 11.2. The first kappa shape index (κ1) is 42.1. The summed E-state index contributed by atoms with van der Waals surface area (Å²) >= 11 is 0. The Kier molecular flexibility index (Phi) is 26.3. The number of hydrogen-bond acceptors (Lipinski definition) is 2. The van der Waals surface area contributed by atoms with Crippen molar-refractivity contribution in [2.45, 2.75) is 227 Å². The minimum Gasteiger partial charge on any atom is -0.300 e. The van der Waals surface area contributed by atoms with Gasteiger partial charge < -0.3 is 0 Å². The maximum absolute atomic E-state index is 12.6. The number of hydrogen-bond donors (Lipinski definition) is 0. The normalized spacial score (nSPS) is 19.4. The molecule has 0 saturated heterocycles. The highest BCUT2D eigenvalue weighted by atomic mass is 16.1. The summed E-state index contributed by atoms with van der Waals surface area (Å²) in [5.74, 6) is 4.51. The van der Waals surface area contributed by atoms with Gasteiger partial charge in [0.2, 0.25) is 0 Å². The maximum Gasteiger partial charge on any atom is 0.136 e. The summed E-state index contributed by atoms with van der Waals surface area (Å²) < 4.78 is 0.